The van der Waals surface area contributed by atoms with Gasteiger partial charge in [0, 0.05) is 19.2 Å². The van der Waals surface area contributed by atoms with Gasteiger partial charge in [-0.15, -0.1) is 0 Å². The van der Waals surface area contributed by atoms with Gasteiger partial charge < -0.3 is 18.8 Å². The Bertz CT molecular complexity index is 760. The highest BCUT2D eigenvalue weighted by Crippen LogP contribution is 2.36. The second-order valence-electron chi connectivity index (χ2n) is 7.17. The first kappa shape index (κ1) is 17.2. The number of amides is 1. The summed E-state index contributed by atoms with van der Waals surface area (Å²) in [4.78, 5) is 19.0. The fourth-order valence-electron chi connectivity index (χ4n) is 3.93. The van der Waals surface area contributed by atoms with Crippen molar-refractivity contribution in [2.24, 2.45) is 0 Å². The molecular formula is C20H24N2O4. The first-order valence-electron chi connectivity index (χ1n) is 9.14. The lowest BCUT2D eigenvalue weighted by Gasteiger charge is -2.39. The molecule has 0 aromatic carbocycles. The van der Waals surface area contributed by atoms with Crippen LogP contribution in [0.15, 0.2) is 41.1 Å². The molecule has 6 heteroatoms. The van der Waals surface area contributed by atoms with Crippen LogP contribution in [0.25, 0.3) is 0 Å². The van der Waals surface area contributed by atoms with E-state index in [0.29, 0.717) is 31.1 Å². The monoisotopic (exact) mass is 356 g/mol. The van der Waals surface area contributed by atoms with Gasteiger partial charge in [-0.25, -0.2) is 0 Å². The fourth-order valence-corrected chi connectivity index (χ4v) is 3.93. The van der Waals surface area contributed by atoms with Crippen LogP contribution in [0.5, 0.6) is 0 Å². The van der Waals surface area contributed by atoms with Crippen molar-refractivity contribution in [3.05, 3.63) is 53.7 Å². The molecule has 2 fully saturated rings. The predicted octanol–water partition coefficient (Wildman–Crippen LogP) is 2.96. The third-order valence-corrected chi connectivity index (χ3v) is 5.28. The number of carbonyl (C=O) groups excluding carboxylic acids is 1. The first-order valence-corrected chi connectivity index (χ1v) is 9.14. The highest BCUT2D eigenvalue weighted by atomic mass is 16.6. The van der Waals surface area contributed by atoms with Crippen LogP contribution in [0.4, 0.5) is 0 Å². The molecule has 0 saturated carbocycles. The lowest BCUT2D eigenvalue weighted by Crippen LogP contribution is -2.50. The van der Waals surface area contributed by atoms with E-state index < -0.39 is 0 Å². The molecule has 2 aliphatic rings. The molecule has 0 N–H and O–H groups in total. The number of ether oxygens (including phenoxy) is 2. The average Bonchev–Trinajstić information content (AvgIpc) is 3.27. The number of hydrogen-bond acceptors (Lipinski definition) is 5. The predicted molar refractivity (Wildman–Crippen MR) is 94.7 cm³/mol. The minimum absolute atomic E-state index is 0.0248. The summed E-state index contributed by atoms with van der Waals surface area (Å²) in [6, 6.07) is 7.56. The molecule has 2 atom stereocenters. The summed E-state index contributed by atoms with van der Waals surface area (Å²) in [5.41, 5.74) is 1.27. The minimum atomic E-state index is -0.291. The lowest BCUT2D eigenvalue weighted by atomic mass is 9.89. The summed E-state index contributed by atoms with van der Waals surface area (Å²) in [6.45, 7) is 4.25. The van der Waals surface area contributed by atoms with E-state index in [1.807, 2.05) is 30.0 Å². The molecule has 0 bridgehead atoms. The highest BCUT2D eigenvalue weighted by Gasteiger charge is 2.45. The number of hydrogen-bond donors (Lipinski definition) is 0. The van der Waals surface area contributed by atoms with Gasteiger partial charge in [-0.05, 0) is 38.0 Å². The molecule has 4 rings (SSSR count). The van der Waals surface area contributed by atoms with Crippen molar-refractivity contribution in [1.29, 1.82) is 0 Å². The summed E-state index contributed by atoms with van der Waals surface area (Å²) in [7, 11) is 0. The second kappa shape index (κ2) is 7.21. The van der Waals surface area contributed by atoms with E-state index in [1.54, 1.807) is 18.5 Å². The number of aryl methyl sites for hydroxylation is 1. The molecule has 138 valence electrons. The molecule has 1 amide bonds. The Morgan fingerprint density at radius 1 is 1.42 bits per heavy atom. The second-order valence-corrected chi connectivity index (χ2v) is 7.17. The van der Waals surface area contributed by atoms with Crippen LogP contribution in [-0.2, 0) is 16.1 Å². The fraction of sp³-hybridized carbons (Fsp3) is 0.500. The number of furan rings is 1. The molecule has 1 spiro atoms. The molecule has 26 heavy (non-hydrogen) atoms. The normalized spacial score (nSPS) is 25.7. The smallest absolute Gasteiger partial charge is 0.257 e. The summed E-state index contributed by atoms with van der Waals surface area (Å²) >= 11 is 0. The maximum atomic E-state index is 12.8. The largest absolute Gasteiger partial charge is 0.469 e. The van der Waals surface area contributed by atoms with Gasteiger partial charge in [0.2, 0.25) is 0 Å². The number of pyridine rings is 1. The van der Waals surface area contributed by atoms with E-state index in [1.165, 1.54) is 0 Å². The van der Waals surface area contributed by atoms with Crippen LogP contribution >= 0.6 is 0 Å². The zero-order valence-corrected chi connectivity index (χ0v) is 15.0. The lowest BCUT2D eigenvalue weighted by molar-refractivity contribution is -0.0467. The van der Waals surface area contributed by atoms with Crippen LogP contribution in [-0.4, -0.2) is 47.2 Å². The summed E-state index contributed by atoms with van der Waals surface area (Å²) in [5.74, 6) is 0.690. The molecule has 0 radical (unpaired) electrons. The Labute approximate surface area is 153 Å². The molecule has 0 unspecified atom stereocenters. The van der Waals surface area contributed by atoms with Gasteiger partial charge in [-0.2, -0.15) is 0 Å². The van der Waals surface area contributed by atoms with E-state index in [2.05, 4.69) is 4.98 Å². The number of likely N-dealkylation sites (tertiary alicyclic amines) is 1. The zero-order chi connectivity index (χ0) is 18.0. The molecular weight excluding hydrogens is 332 g/mol. The van der Waals surface area contributed by atoms with Crippen LogP contribution in [0.2, 0.25) is 0 Å². The Morgan fingerprint density at radius 3 is 3.12 bits per heavy atom. The molecule has 2 aliphatic heterocycles. The van der Waals surface area contributed by atoms with Crippen molar-refractivity contribution >= 4 is 5.91 Å². The van der Waals surface area contributed by atoms with Crippen molar-refractivity contribution in [3.8, 4) is 0 Å². The van der Waals surface area contributed by atoms with Gasteiger partial charge >= 0.3 is 0 Å². The van der Waals surface area contributed by atoms with Crippen LogP contribution < -0.4 is 0 Å². The van der Waals surface area contributed by atoms with Crippen LogP contribution in [0.3, 0.4) is 0 Å². The van der Waals surface area contributed by atoms with Gasteiger partial charge in [-0.1, -0.05) is 6.07 Å². The van der Waals surface area contributed by atoms with E-state index in [0.717, 1.165) is 31.5 Å². The average molecular weight is 356 g/mol. The minimum Gasteiger partial charge on any atom is -0.469 e. The Balaban J connectivity index is 1.36. The van der Waals surface area contributed by atoms with Gasteiger partial charge in [-0.3, -0.25) is 9.78 Å². The molecule has 4 heterocycles. The third-order valence-electron chi connectivity index (χ3n) is 5.28. The first-order chi connectivity index (χ1) is 12.7. The summed E-state index contributed by atoms with van der Waals surface area (Å²) < 4.78 is 17.4. The van der Waals surface area contributed by atoms with E-state index in [4.69, 9.17) is 13.9 Å². The number of rotatable bonds is 4. The quantitative estimate of drug-likeness (QED) is 0.843. The van der Waals surface area contributed by atoms with Crippen molar-refractivity contribution in [2.45, 2.75) is 44.5 Å². The summed E-state index contributed by atoms with van der Waals surface area (Å²) in [5, 5.41) is 0. The van der Waals surface area contributed by atoms with Gasteiger partial charge in [0.1, 0.15) is 5.76 Å². The van der Waals surface area contributed by atoms with E-state index in [9.17, 15) is 4.79 Å². The van der Waals surface area contributed by atoms with Crippen LogP contribution in [0, 0.1) is 6.92 Å². The Hall–Kier alpha value is -2.18. The topological polar surface area (TPSA) is 64.8 Å². The van der Waals surface area contributed by atoms with Crippen LogP contribution in [0.1, 0.15) is 41.1 Å². The Kier molecular flexibility index (Phi) is 4.78. The number of aromatic nitrogens is 1. The van der Waals surface area contributed by atoms with Crippen molar-refractivity contribution in [1.82, 2.24) is 9.88 Å². The number of nitrogens with zero attached hydrogens (tertiary/aromatic N) is 2. The number of carbonyl (C=O) groups is 1. The van der Waals surface area contributed by atoms with Gasteiger partial charge in [0.05, 0.1) is 49.0 Å². The molecule has 2 aromatic rings. The maximum absolute atomic E-state index is 12.8. The number of piperidine rings is 1. The Morgan fingerprint density at radius 2 is 2.35 bits per heavy atom. The standard InChI is InChI=1S/C20H24N2O4/c1-15-18(6-10-24-15)19(23)22-9-4-7-20(14-22)11-17(13-26-20)25-12-16-5-2-3-8-21-16/h2-3,5-6,8,10,17H,4,7,9,11-14H2,1H3/t17-,20+/m1/s1. The molecule has 2 saturated heterocycles. The van der Waals surface area contributed by atoms with Crippen molar-refractivity contribution in [3.63, 3.8) is 0 Å². The van der Waals surface area contributed by atoms with Gasteiger partial charge in [0.25, 0.3) is 5.91 Å². The van der Waals surface area contributed by atoms with Crippen molar-refractivity contribution < 1.29 is 18.7 Å². The highest BCUT2D eigenvalue weighted by molar-refractivity contribution is 5.95. The van der Waals surface area contributed by atoms with E-state index >= 15 is 0 Å². The molecule has 2 aromatic heterocycles. The van der Waals surface area contributed by atoms with E-state index in [-0.39, 0.29) is 17.6 Å². The summed E-state index contributed by atoms with van der Waals surface area (Å²) in [6.07, 6.45) is 6.10. The molecule has 6 nitrogen and oxygen atoms in total. The molecule has 0 aliphatic carbocycles. The maximum Gasteiger partial charge on any atom is 0.257 e. The van der Waals surface area contributed by atoms with Gasteiger partial charge in [0.15, 0.2) is 0 Å². The zero-order valence-electron chi connectivity index (χ0n) is 15.0. The third kappa shape index (κ3) is 3.52. The SMILES string of the molecule is Cc1occc1C(=O)N1CCC[C@]2(C[C@@H](OCc3ccccn3)CO2)C1. The van der Waals surface area contributed by atoms with Crippen molar-refractivity contribution in [2.75, 3.05) is 19.7 Å².